The lowest BCUT2D eigenvalue weighted by Gasteiger charge is -2.59. The lowest BCUT2D eigenvalue weighted by Crippen LogP contribution is -2.71. The van der Waals surface area contributed by atoms with Gasteiger partial charge in [-0.2, -0.15) is 4.31 Å². The molecule has 3 aliphatic heterocycles. The number of aromatic nitrogens is 2. The van der Waals surface area contributed by atoms with Gasteiger partial charge in [0.25, 0.3) is 0 Å². The van der Waals surface area contributed by atoms with Gasteiger partial charge in [0.1, 0.15) is 11.6 Å². The summed E-state index contributed by atoms with van der Waals surface area (Å²) in [5.74, 6) is 1.66. The normalized spacial score (nSPS) is 23.6. The largest absolute Gasteiger partial charge is 0.390 e. The predicted molar refractivity (Wildman–Crippen MR) is 148 cm³/mol. The first-order valence-corrected chi connectivity index (χ1v) is 14.5. The number of aryl methyl sites for hydroxylation is 1. The Balaban J connectivity index is 1.07. The van der Waals surface area contributed by atoms with E-state index in [9.17, 15) is 13.5 Å². The lowest BCUT2D eigenvalue weighted by atomic mass is 9.73. The molecule has 6 rings (SSSR count). The van der Waals surface area contributed by atoms with E-state index in [0.29, 0.717) is 24.2 Å². The van der Waals surface area contributed by atoms with Crippen LogP contribution in [0, 0.1) is 12.3 Å². The van der Waals surface area contributed by atoms with Crippen LogP contribution < -0.4 is 10.2 Å². The molecule has 2 atom stereocenters. The summed E-state index contributed by atoms with van der Waals surface area (Å²) in [6.45, 7) is 6.76. The van der Waals surface area contributed by atoms with E-state index in [0.717, 1.165) is 48.7 Å². The highest BCUT2D eigenvalue weighted by molar-refractivity contribution is 7.89. The van der Waals surface area contributed by atoms with Crippen molar-refractivity contribution in [2.24, 2.45) is 5.41 Å². The highest BCUT2D eigenvalue weighted by Gasteiger charge is 2.50. The van der Waals surface area contributed by atoms with Crippen LogP contribution in [0.15, 0.2) is 65.8 Å². The summed E-state index contributed by atoms with van der Waals surface area (Å²) in [6.07, 6.45) is 3.27. The standard InChI is InChI=1S/C28H34N6O3S/c1-20-3-9-26(29-13-20)31-24-11-12-34(15-25(24)35)38(36,37)23-7-4-21(5-8-23)22-6-10-27(30-14-22)33-18-28(19-33)16-32(2)17-28/h3-10,13-14,24-25,35H,11-12,15-19H2,1-2H3,(H,29,31)/t24-,25+/m1/s1. The van der Waals surface area contributed by atoms with Crippen LogP contribution in [-0.2, 0) is 10.0 Å². The van der Waals surface area contributed by atoms with Crippen LogP contribution in [0.4, 0.5) is 11.6 Å². The number of likely N-dealkylation sites (tertiary alicyclic amines) is 1. The first-order valence-electron chi connectivity index (χ1n) is 13.1. The van der Waals surface area contributed by atoms with Gasteiger partial charge in [0, 0.05) is 62.6 Å². The molecule has 10 heteroatoms. The first-order chi connectivity index (χ1) is 18.2. The van der Waals surface area contributed by atoms with Crippen molar-refractivity contribution in [3.05, 3.63) is 66.5 Å². The number of aliphatic hydroxyl groups is 1. The van der Waals surface area contributed by atoms with Crippen molar-refractivity contribution in [2.45, 2.75) is 30.4 Å². The van der Waals surface area contributed by atoms with Crippen molar-refractivity contribution >= 4 is 21.7 Å². The van der Waals surface area contributed by atoms with Crippen molar-refractivity contribution in [2.75, 3.05) is 56.5 Å². The second-order valence-corrected chi connectivity index (χ2v) is 13.1. The number of anilines is 2. The second-order valence-electron chi connectivity index (χ2n) is 11.1. The van der Waals surface area contributed by atoms with E-state index in [2.05, 4.69) is 32.1 Å². The molecule has 0 radical (unpaired) electrons. The fraction of sp³-hybridized carbons (Fsp3) is 0.429. The van der Waals surface area contributed by atoms with Gasteiger partial charge in [-0.1, -0.05) is 18.2 Å². The molecule has 0 aliphatic carbocycles. The van der Waals surface area contributed by atoms with Crippen LogP contribution in [0.25, 0.3) is 11.1 Å². The Kier molecular flexibility index (Phi) is 6.38. The SMILES string of the molecule is Cc1ccc(N[C@@H]2CCN(S(=O)(=O)c3ccc(-c4ccc(N5CC6(CN(C)C6)C5)nc4)cc3)C[C@@H]2O)nc1. The molecule has 2 aromatic heterocycles. The Morgan fingerprint density at radius 1 is 0.947 bits per heavy atom. The Bertz CT molecular complexity index is 1380. The average molecular weight is 535 g/mol. The van der Waals surface area contributed by atoms with Crippen molar-refractivity contribution in [1.29, 1.82) is 0 Å². The van der Waals surface area contributed by atoms with E-state index in [-0.39, 0.29) is 17.5 Å². The maximum Gasteiger partial charge on any atom is 0.243 e. The summed E-state index contributed by atoms with van der Waals surface area (Å²) in [7, 11) is -1.56. The zero-order chi connectivity index (χ0) is 26.5. The third kappa shape index (κ3) is 4.77. The van der Waals surface area contributed by atoms with Gasteiger partial charge in [0.05, 0.1) is 17.0 Å². The number of hydrogen-bond donors (Lipinski definition) is 2. The predicted octanol–water partition coefficient (Wildman–Crippen LogP) is 2.44. The molecule has 3 fully saturated rings. The zero-order valence-electron chi connectivity index (χ0n) is 21.8. The minimum atomic E-state index is -3.72. The van der Waals surface area contributed by atoms with Gasteiger partial charge in [0.2, 0.25) is 10.0 Å². The molecule has 1 aromatic carbocycles. The van der Waals surface area contributed by atoms with Gasteiger partial charge in [-0.05, 0) is 61.9 Å². The molecule has 3 saturated heterocycles. The number of sulfonamides is 1. The van der Waals surface area contributed by atoms with Gasteiger partial charge in [-0.15, -0.1) is 0 Å². The Labute approximate surface area is 224 Å². The number of nitrogens with zero attached hydrogens (tertiary/aromatic N) is 5. The van der Waals surface area contributed by atoms with E-state index in [1.807, 2.05) is 49.5 Å². The van der Waals surface area contributed by atoms with Gasteiger partial charge >= 0.3 is 0 Å². The molecule has 200 valence electrons. The maximum atomic E-state index is 13.3. The number of hydrogen-bond acceptors (Lipinski definition) is 8. The molecule has 0 saturated carbocycles. The van der Waals surface area contributed by atoms with Gasteiger partial charge in [-0.3, -0.25) is 0 Å². The summed E-state index contributed by atoms with van der Waals surface area (Å²) in [5, 5.41) is 13.9. The van der Waals surface area contributed by atoms with Crippen molar-refractivity contribution in [3.8, 4) is 11.1 Å². The molecule has 1 spiro atoms. The highest BCUT2D eigenvalue weighted by Crippen LogP contribution is 2.40. The van der Waals surface area contributed by atoms with E-state index < -0.39 is 16.1 Å². The van der Waals surface area contributed by atoms with Gasteiger partial charge in [-0.25, -0.2) is 18.4 Å². The zero-order valence-corrected chi connectivity index (χ0v) is 22.6. The summed E-state index contributed by atoms with van der Waals surface area (Å²) < 4.78 is 28.0. The number of pyridine rings is 2. The van der Waals surface area contributed by atoms with Crippen molar-refractivity contribution in [3.63, 3.8) is 0 Å². The number of aliphatic hydroxyl groups excluding tert-OH is 1. The molecule has 2 N–H and O–H groups in total. The van der Waals surface area contributed by atoms with Gasteiger partial charge < -0.3 is 20.2 Å². The van der Waals surface area contributed by atoms with Crippen LogP contribution in [0.3, 0.4) is 0 Å². The first kappa shape index (κ1) is 25.2. The lowest BCUT2D eigenvalue weighted by molar-refractivity contribution is -0.00279. The molecule has 0 amide bonds. The Hall–Kier alpha value is -3.05. The minimum absolute atomic E-state index is 0.0348. The van der Waals surface area contributed by atoms with Gasteiger partial charge in [0.15, 0.2) is 0 Å². The monoisotopic (exact) mass is 534 g/mol. The van der Waals surface area contributed by atoms with Crippen LogP contribution in [-0.4, -0.2) is 91.2 Å². The molecular formula is C28H34N6O3S. The molecule has 3 aliphatic rings. The Morgan fingerprint density at radius 3 is 2.29 bits per heavy atom. The summed E-state index contributed by atoms with van der Waals surface area (Å²) >= 11 is 0. The average Bonchev–Trinajstić information content (AvgIpc) is 2.88. The number of rotatable bonds is 6. The fourth-order valence-corrected chi connectivity index (χ4v) is 7.44. The third-order valence-corrected chi connectivity index (χ3v) is 9.83. The minimum Gasteiger partial charge on any atom is -0.390 e. The number of piperidine rings is 1. The molecule has 3 aromatic rings. The number of benzene rings is 1. The maximum absolute atomic E-state index is 13.3. The second kappa shape index (κ2) is 9.60. The quantitative estimate of drug-likeness (QED) is 0.497. The van der Waals surface area contributed by atoms with Crippen molar-refractivity contribution < 1.29 is 13.5 Å². The number of nitrogens with one attached hydrogen (secondary N) is 1. The van der Waals surface area contributed by atoms with Crippen molar-refractivity contribution in [1.82, 2.24) is 19.2 Å². The van der Waals surface area contributed by atoms with E-state index in [4.69, 9.17) is 0 Å². The fourth-order valence-electron chi connectivity index (χ4n) is 5.97. The highest BCUT2D eigenvalue weighted by atomic mass is 32.2. The third-order valence-electron chi connectivity index (χ3n) is 7.95. The molecule has 5 heterocycles. The van der Waals surface area contributed by atoms with Crippen LogP contribution in [0.2, 0.25) is 0 Å². The summed E-state index contributed by atoms with van der Waals surface area (Å²) in [4.78, 5) is 13.9. The molecule has 0 bridgehead atoms. The molecule has 9 nitrogen and oxygen atoms in total. The Morgan fingerprint density at radius 2 is 1.68 bits per heavy atom. The molecule has 0 unspecified atom stereocenters. The summed E-state index contributed by atoms with van der Waals surface area (Å²) in [6, 6.07) is 14.6. The number of β-amino-alcohol motifs (C(OH)–C–C–N with tert-alkyl or cyclic N) is 1. The summed E-state index contributed by atoms with van der Waals surface area (Å²) in [5.41, 5.74) is 3.37. The van der Waals surface area contributed by atoms with Crippen LogP contribution in [0.1, 0.15) is 12.0 Å². The topological polar surface area (TPSA) is 102 Å². The molecule has 38 heavy (non-hydrogen) atoms. The van der Waals surface area contributed by atoms with E-state index >= 15 is 0 Å². The smallest absolute Gasteiger partial charge is 0.243 e. The van der Waals surface area contributed by atoms with E-state index in [1.54, 1.807) is 18.3 Å². The van der Waals surface area contributed by atoms with Crippen LogP contribution >= 0.6 is 0 Å². The van der Waals surface area contributed by atoms with E-state index in [1.165, 1.54) is 4.31 Å². The molecular weight excluding hydrogens is 500 g/mol. The van der Waals surface area contributed by atoms with Crippen LogP contribution in [0.5, 0.6) is 0 Å².